The van der Waals surface area contributed by atoms with Crippen LogP contribution in [-0.2, 0) is 14.8 Å². The summed E-state index contributed by atoms with van der Waals surface area (Å²) in [4.78, 5) is 12.2. The number of halogens is 1. The Balaban J connectivity index is 2.13. The summed E-state index contributed by atoms with van der Waals surface area (Å²) in [6.07, 6.45) is 2.44. The predicted molar refractivity (Wildman–Crippen MR) is 87.1 cm³/mol. The number of benzene rings is 1. The molecule has 1 aliphatic heterocycles. The number of anilines is 1. The Morgan fingerprint density at radius 2 is 2.15 bits per heavy atom. The van der Waals surface area contributed by atoms with E-state index in [1.807, 2.05) is 25.1 Å². The smallest absolute Gasteiger partial charge is 0.242 e. The van der Waals surface area contributed by atoms with E-state index in [0.29, 0.717) is 18.7 Å². The summed E-state index contributed by atoms with van der Waals surface area (Å²) in [5.41, 5.74) is 1.84. The van der Waals surface area contributed by atoms with E-state index >= 15 is 0 Å². The second kappa shape index (κ2) is 5.98. The van der Waals surface area contributed by atoms with E-state index in [1.165, 1.54) is 4.31 Å². The summed E-state index contributed by atoms with van der Waals surface area (Å²) in [7, 11) is -3.33. The molecule has 1 aromatic rings. The van der Waals surface area contributed by atoms with Gasteiger partial charge in [0.15, 0.2) is 0 Å². The fourth-order valence-corrected chi connectivity index (χ4v) is 3.93. The van der Waals surface area contributed by atoms with Gasteiger partial charge < -0.3 is 5.32 Å². The molecule has 1 atom stereocenters. The lowest BCUT2D eigenvalue weighted by molar-refractivity contribution is -0.119. The fourth-order valence-electron chi connectivity index (χ4n) is 2.30. The zero-order valence-corrected chi connectivity index (χ0v) is 14.4. The highest BCUT2D eigenvalue weighted by atomic mass is 127. The number of amides is 1. The zero-order chi connectivity index (χ0) is 14.9. The van der Waals surface area contributed by atoms with Crippen LogP contribution in [0.3, 0.4) is 0 Å². The van der Waals surface area contributed by atoms with Gasteiger partial charge in [0.05, 0.1) is 6.26 Å². The van der Waals surface area contributed by atoms with Crippen LogP contribution in [0.4, 0.5) is 5.69 Å². The summed E-state index contributed by atoms with van der Waals surface area (Å²) in [6.45, 7) is 2.41. The predicted octanol–water partition coefficient (Wildman–Crippen LogP) is 1.96. The summed E-state index contributed by atoms with van der Waals surface area (Å²) < 4.78 is 25.6. The van der Waals surface area contributed by atoms with Crippen LogP contribution in [-0.4, -0.2) is 37.5 Å². The van der Waals surface area contributed by atoms with Crippen LogP contribution in [0, 0.1) is 10.5 Å². The van der Waals surface area contributed by atoms with Crippen molar-refractivity contribution >= 4 is 44.2 Å². The van der Waals surface area contributed by atoms with E-state index in [4.69, 9.17) is 0 Å². The highest BCUT2D eigenvalue weighted by Gasteiger charge is 2.36. The fraction of sp³-hybridized carbons (Fsp3) is 0.462. The highest BCUT2D eigenvalue weighted by Crippen LogP contribution is 2.23. The molecule has 0 aromatic heterocycles. The van der Waals surface area contributed by atoms with Gasteiger partial charge in [-0.2, -0.15) is 4.31 Å². The third kappa shape index (κ3) is 3.50. The van der Waals surface area contributed by atoms with Crippen molar-refractivity contribution in [3.8, 4) is 0 Å². The lowest BCUT2D eigenvalue weighted by atomic mass is 10.2. The van der Waals surface area contributed by atoms with Crippen molar-refractivity contribution in [1.29, 1.82) is 0 Å². The average molecular weight is 408 g/mol. The van der Waals surface area contributed by atoms with Gasteiger partial charge in [-0.3, -0.25) is 4.79 Å². The number of aryl methyl sites for hydroxylation is 1. The summed E-state index contributed by atoms with van der Waals surface area (Å²) in [5.74, 6) is -0.257. The summed E-state index contributed by atoms with van der Waals surface area (Å²) in [5, 5.41) is 2.80. The third-order valence-electron chi connectivity index (χ3n) is 3.37. The summed E-state index contributed by atoms with van der Waals surface area (Å²) >= 11 is 2.20. The first kappa shape index (κ1) is 15.7. The van der Waals surface area contributed by atoms with E-state index in [-0.39, 0.29) is 5.91 Å². The topological polar surface area (TPSA) is 66.5 Å². The molecule has 1 unspecified atom stereocenters. The molecule has 0 bridgehead atoms. The largest absolute Gasteiger partial charge is 0.325 e. The monoisotopic (exact) mass is 408 g/mol. The van der Waals surface area contributed by atoms with Crippen LogP contribution in [0.15, 0.2) is 18.2 Å². The van der Waals surface area contributed by atoms with Gasteiger partial charge in [0.2, 0.25) is 15.9 Å². The van der Waals surface area contributed by atoms with E-state index in [2.05, 4.69) is 27.9 Å². The maximum Gasteiger partial charge on any atom is 0.242 e. The molecule has 0 aliphatic carbocycles. The van der Waals surface area contributed by atoms with Crippen LogP contribution in [0.5, 0.6) is 0 Å². The maximum atomic E-state index is 12.2. The number of nitrogens with zero attached hydrogens (tertiary/aromatic N) is 1. The van der Waals surface area contributed by atoms with Crippen LogP contribution >= 0.6 is 22.6 Å². The molecule has 1 amide bonds. The van der Waals surface area contributed by atoms with Gasteiger partial charge in [-0.25, -0.2) is 8.42 Å². The minimum absolute atomic E-state index is 0.257. The zero-order valence-electron chi connectivity index (χ0n) is 11.4. The molecular formula is C13H17IN2O3S. The number of hydrogen-bond acceptors (Lipinski definition) is 3. The van der Waals surface area contributed by atoms with Crippen molar-refractivity contribution in [2.45, 2.75) is 25.8 Å². The van der Waals surface area contributed by atoms with Crippen LogP contribution < -0.4 is 5.32 Å². The van der Waals surface area contributed by atoms with E-state index in [0.717, 1.165) is 21.8 Å². The summed E-state index contributed by atoms with van der Waals surface area (Å²) in [6, 6.07) is 5.05. The SMILES string of the molecule is Cc1ccc(NC(=O)C2CCCN2S(C)(=O)=O)cc1I. The Kier molecular flexibility index (Phi) is 4.70. The minimum Gasteiger partial charge on any atom is -0.325 e. The molecule has 110 valence electrons. The molecule has 1 aliphatic rings. The van der Waals surface area contributed by atoms with Crippen molar-refractivity contribution in [2.75, 3.05) is 18.1 Å². The molecule has 0 radical (unpaired) electrons. The quantitative estimate of drug-likeness (QED) is 0.778. The Labute approximate surface area is 132 Å². The molecule has 5 nitrogen and oxygen atoms in total. The number of carbonyl (C=O) groups is 1. The van der Waals surface area contributed by atoms with E-state index in [9.17, 15) is 13.2 Å². The van der Waals surface area contributed by atoms with Gasteiger partial charge in [0, 0.05) is 15.8 Å². The van der Waals surface area contributed by atoms with Crippen LogP contribution in [0.1, 0.15) is 18.4 Å². The molecule has 1 saturated heterocycles. The van der Waals surface area contributed by atoms with Crippen molar-refractivity contribution < 1.29 is 13.2 Å². The number of hydrogen-bond donors (Lipinski definition) is 1. The number of rotatable bonds is 3. The molecular weight excluding hydrogens is 391 g/mol. The number of sulfonamides is 1. The van der Waals surface area contributed by atoms with Crippen molar-refractivity contribution in [1.82, 2.24) is 4.31 Å². The van der Waals surface area contributed by atoms with E-state index < -0.39 is 16.1 Å². The van der Waals surface area contributed by atoms with Crippen LogP contribution in [0.2, 0.25) is 0 Å². The van der Waals surface area contributed by atoms with E-state index in [1.54, 1.807) is 0 Å². The molecule has 1 fully saturated rings. The Morgan fingerprint density at radius 1 is 1.45 bits per heavy atom. The molecule has 1 N–H and O–H groups in total. The van der Waals surface area contributed by atoms with Crippen molar-refractivity contribution in [3.05, 3.63) is 27.3 Å². The first-order valence-electron chi connectivity index (χ1n) is 6.33. The lowest BCUT2D eigenvalue weighted by Gasteiger charge is -2.21. The van der Waals surface area contributed by atoms with Crippen LogP contribution in [0.25, 0.3) is 0 Å². The average Bonchev–Trinajstić information content (AvgIpc) is 2.83. The Morgan fingerprint density at radius 3 is 2.75 bits per heavy atom. The molecule has 2 rings (SSSR count). The van der Waals surface area contributed by atoms with Gasteiger partial charge in [-0.1, -0.05) is 6.07 Å². The van der Waals surface area contributed by atoms with Gasteiger partial charge >= 0.3 is 0 Å². The molecule has 20 heavy (non-hydrogen) atoms. The minimum atomic E-state index is -3.33. The second-order valence-corrected chi connectivity index (χ2v) is 8.08. The molecule has 0 spiro atoms. The van der Waals surface area contributed by atoms with Gasteiger partial charge in [-0.15, -0.1) is 0 Å². The lowest BCUT2D eigenvalue weighted by Crippen LogP contribution is -2.42. The van der Waals surface area contributed by atoms with Gasteiger partial charge in [0.1, 0.15) is 6.04 Å². The second-order valence-electron chi connectivity index (χ2n) is 4.98. The van der Waals surface area contributed by atoms with Gasteiger partial charge in [-0.05, 0) is 60.1 Å². The molecule has 7 heteroatoms. The number of nitrogens with one attached hydrogen (secondary N) is 1. The molecule has 0 saturated carbocycles. The van der Waals surface area contributed by atoms with Crippen molar-refractivity contribution in [2.24, 2.45) is 0 Å². The third-order valence-corrected chi connectivity index (χ3v) is 5.82. The molecule has 1 heterocycles. The Bertz CT molecular complexity index is 631. The first-order chi connectivity index (χ1) is 9.29. The van der Waals surface area contributed by atoms with Gasteiger partial charge in [0.25, 0.3) is 0 Å². The normalized spacial score (nSPS) is 20.1. The standard InChI is InChI=1S/C13H17IN2O3S/c1-9-5-6-10(8-11(9)14)15-13(17)12-4-3-7-16(12)20(2,18)19/h5-6,8,12H,3-4,7H2,1-2H3,(H,15,17). The highest BCUT2D eigenvalue weighted by molar-refractivity contribution is 14.1. The first-order valence-corrected chi connectivity index (χ1v) is 9.25. The molecule has 1 aromatic carbocycles. The van der Waals surface area contributed by atoms with Crippen molar-refractivity contribution in [3.63, 3.8) is 0 Å². The Hall–Kier alpha value is -0.670. The maximum absolute atomic E-state index is 12.2. The number of carbonyl (C=O) groups excluding carboxylic acids is 1.